The zero-order chi connectivity index (χ0) is 16.3. The second kappa shape index (κ2) is 10.6. The first-order valence-corrected chi connectivity index (χ1v) is 9.84. The number of nitrogens with two attached hydrogens (primary N) is 1. The van der Waals surface area contributed by atoms with Crippen LogP contribution in [-0.4, -0.2) is 15.0 Å². The maximum absolute atomic E-state index is 11.1. The van der Waals surface area contributed by atoms with Gasteiger partial charge in [0.25, 0.3) is 0 Å². The molecule has 126 valence electrons. The summed E-state index contributed by atoms with van der Waals surface area (Å²) in [5.41, 5.74) is 0. The standard InChI is InChI=1S/C17H29NO3S/c1-2-3-4-5-6-7-8-9-10-15-21-16-11-13-17(14-12-16)22(18,19)20/h11-14H,2-10,15H2,1H3,(H2,18,19,20). The molecule has 0 spiro atoms. The zero-order valence-corrected chi connectivity index (χ0v) is 14.4. The first kappa shape index (κ1) is 19.0. The molecule has 0 saturated carbocycles. The van der Waals surface area contributed by atoms with Crippen molar-refractivity contribution in [3.8, 4) is 5.75 Å². The highest BCUT2D eigenvalue weighted by molar-refractivity contribution is 7.89. The number of unbranched alkanes of at least 4 members (excludes halogenated alkanes) is 8. The Hall–Kier alpha value is -1.07. The molecular weight excluding hydrogens is 298 g/mol. The molecule has 0 heterocycles. The van der Waals surface area contributed by atoms with E-state index in [1.54, 1.807) is 12.1 Å². The molecule has 0 unspecified atom stereocenters. The summed E-state index contributed by atoms with van der Waals surface area (Å²) in [5.74, 6) is 0.687. The number of sulfonamides is 1. The van der Waals surface area contributed by atoms with Crippen molar-refractivity contribution >= 4 is 10.0 Å². The molecule has 0 radical (unpaired) electrons. The quantitative estimate of drug-likeness (QED) is 0.584. The lowest BCUT2D eigenvalue weighted by Crippen LogP contribution is -2.11. The summed E-state index contributed by atoms with van der Waals surface area (Å²) in [7, 11) is -3.62. The highest BCUT2D eigenvalue weighted by Crippen LogP contribution is 2.15. The molecule has 0 aliphatic heterocycles. The average molecular weight is 327 g/mol. The highest BCUT2D eigenvalue weighted by Gasteiger charge is 2.06. The number of ether oxygens (including phenoxy) is 1. The fourth-order valence-electron chi connectivity index (χ4n) is 2.33. The minimum Gasteiger partial charge on any atom is -0.494 e. The van der Waals surface area contributed by atoms with E-state index in [1.165, 1.54) is 63.5 Å². The van der Waals surface area contributed by atoms with E-state index in [4.69, 9.17) is 9.88 Å². The van der Waals surface area contributed by atoms with Crippen molar-refractivity contribution in [2.45, 2.75) is 69.6 Å². The highest BCUT2D eigenvalue weighted by atomic mass is 32.2. The van der Waals surface area contributed by atoms with Crippen LogP contribution in [0.2, 0.25) is 0 Å². The first-order valence-electron chi connectivity index (χ1n) is 8.29. The number of hydrogen-bond acceptors (Lipinski definition) is 3. The van der Waals surface area contributed by atoms with E-state index in [2.05, 4.69) is 6.92 Å². The molecule has 5 heteroatoms. The fourth-order valence-corrected chi connectivity index (χ4v) is 2.84. The summed E-state index contributed by atoms with van der Waals surface area (Å²) in [6.45, 7) is 2.91. The van der Waals surface area contributed by atoms with Gasteiger partial charge in [-0.25, -0.2) is 13.6 Å². The minimum atomic E-state index is -3.62. The first-order chi connectivity index (χ1) is 10.5. The molecule has 22 heavy (non-hydrogen) atoms. The van der Waals surface area contributed by atoms with E-state index in [1.807, 2.05) is 0 Å². The third kappa shape index (κ3) is 8.39. The molecule has 2 N–H and O–H groups in total. The van der Waals surface area contributed by atoms with Crippen molar-refractivity contribution in [2.75, 3.05) is 6.61 Å². The molecule has 1 rings (SSSR count). The normalized spacial score (nSPS) is 11.5. The lowest BCUT2D eigenvalue weighted by Gasteiger charge is -2.07. The van der Waals surface area contributed by atoms with Crippen molar-refractivity contribution in [3.05, 3.63) is 24.3 Å². The second-order valence-electron chi connectivity index (χ2n) is 5.69. The maximum Gasteiger partial charge on any atom is 0.238 e. The SMILES string of the molecule is CCCCCCCCCCCOc1ccc(S(N)(=O)=O)cc1. The molecule has 0 aromatic heterocycles. The summed E-state index contributed by atoms with van der Waals surface area (Å²) in [6, 6.07) is 6.24. The zero-order valence-electron chi connectivity index (χ0n) is 13.6. The molecule has 0 bridgehead atoms. The Kier molecular flexibility index (Phi) is 9.16. The Balaban J connectivity index is 2.05. The van der Waals surface area contributed by atoms with Crippen molar-refractivity contribution in [1.29, 1.82) is 0 Å². The monoisotopic (exact) mass is 327 g/mol. The Morgan fingerprint density at radius 1 is 0.864 bits per heavy atom. The third-order valence-corrected chi connectivity index (χ3v) is 4.60. The molecule has 0 atom stereocenters. The van der Waals surface area contributed by atoms with Gasteiger partial charge in [0.05, 0.1) is 11.5 Å². The van der Waals surface area contributed by atoms with Gasteiger partial charge in [-0.3, -0.25) is 0 Å². The maximum atomic E-state index is 11.1. The third-order valence-electron chi connectivity index (χ3n) is 3.67. The minimum absolute atomic E-state index is 0.114. The van der Waals surface area contributed by atoms with E-state index >= 15 is 0 Å². The van der Waals surface area contributed by atoms with Gasteiger partial charge >= 0.3 is 0 Å². The van der Waals surface area contributed by atoms with Crippen molar-refractivity contribution in [3.63, 3.8) is 0 Å². The van der Waals surface area contributed by atoms with Crippen LogP contribution >= 0.6 is 0 Å². The van der Waals surface area contributed by atoms with Crippen LogP contribution in [-0.2, 0) is 10.0 Å². The summed E-state index contributed by atoms with van der Waals surface area (Å²) < 4.78 is 27.8. The average Bonchev–Trinajstić information content (AvgIpc) is 2.49. The van der Waals surface area contributed by atoms with Crippen LogP contribution in [0.1, 0.15) is 64.7 Å². The topological polar surface area (TPSA) is 69.4 Å². The lowest BCUT2D eigenvalue weighted by atomic mass is 10.1. The van der Waals surface area contributed by atoms with Gasteiger partial charge < -0.3 is 4.74 Å². The Labute approximate surface area is 135 Å². The second-order valence-corrected chi connectivity index (χ2v) is 7.25. The molecule has 0 aliphatic carbocycles. The summed E-state index contributed by atoms with van der Waals surface area (Å²) >= 11 is 0. The number of benzene rings is 1. The van der Waals surface area contributed by atoms with Crippen LogP contribution in [0.5, 0.6) is 5.75 Å². The molecule has 0 fully saturated rings. The van der Waals surface area contributed by atoms with Crippen LogP contribution in [0.4, 0.5) is 0 Å². The van der Waals surface area contributed by atoms with Crippen LogP contribution in [0.15, 0.2) is 29.2 Å². The molecule has 0 saturated heterocycles. The van der Waals surface area contributed by atoms with Crippen molar-refractivity contribution < 1.29 is 13.2 Å². The van der Waals surface area contributed by atoms with Crippen LogP contribution in [0.25, 0.3) is 0 Å². The summed E-state index contributed by atoms with van der Waals surface area (Å²) in [6.07, 6.45) is 11.5. The van der Waals surface area contributed by atoms with E-state index in [9.17, 15) is 8.42 Å². The van der Waals surface area contributed by atoms with Gasteiger partial charge in [0.15, 0.2) is 0 Å². The smallest absolute Gasteiger partial charge is 0.238 e. The van der Waals surface area contributed by atoms with Gasteiger partial charge in [-0.15, -0.1) is 0 Å². The molecule has 0 amide bonds. The summed E-state index contributed by atoms with van der Waals surface area (Å²) in [5, 5.41) is 5.04. The van der Waals surface area contributed by atoms with Crippen LogP contribution in [0, 0.1) is 0 Å². The van der Waals surface area contributed by atoms with E-state index < -0.39 is 10.0 Å². The molecular formula is C17H29NO3S. The van der Waals surface area contributed by atoms with Crippen molar-refractivity contribution in [1.82, 2.24) is 0 Å². The van der Waals surface area contributed by atoms with Gasteiger partial charge in [-0.1, -0.05) is 58.3 Å². The van der Waals surface area contributed by atoms with Gasteiger partial charge in [0.1, 0.15) is 5.75 Å². The van der Waals surface area contributed by atoms with E-state index in [0.29, 0.717) is 12.4 Å². The van der Waals surface area contributed by atoms with Crippen molar-refractivity contribution in [2.24, 2.45) is 5.14 Å². The predicted octanol–water partition coefficient (Wildman–Crippen LogP) is 4.24. The largest absolute Gasteiger partial charge is 0.494 e. The van der Waals surface area contributed by atoms with Gasteiger partial charge in [-0.05, 0) is 30.7 Å². The van der Waals surface area contributed by atoms with Gasteiger partial charge in [0.2, 0.25) is 10.0 Å². The Morgan fingerprint density at radius 2 is 1.36 bits per heavy atom. The number of rotatable bonds is 12. The summed E-state index contributed by atoms with van der Waals surface area (Å²) in [4.78, 5) is 0.114. The fraction of sp³-hybridized carbons (Fsp3) is 0.647. The molecule has 0 aliphatic rings. The lowest BCUT2D eigenvalue weighted by molar-refractivity contribution is 0.304. The molecule has 1 aromatic rings. The molecule has 4 nitrogen and oxygen atoms in total. The van der Waals surface area contributed by atoms with Gasteiger partial charge in [-0.2, -0.15) is 0 Å². The number of hydrogen-bond donors (Lipinski definition) is 1. The Bertz CT molecular complexity index is 497. The van der Waals surface area contributed by atoms with Gasteiger partial charge in [0, 0.05) is 0 Å². The predicted molar refractivity (Wildman–Crippen MR) is 90.5 cm³/mol. The Morgan fingerprint density at radius 3 is 1.86 bits per heavy atom. The van der Waals surface area contributed by atoms with E-state index in [-0.39, 0.29) is 4.90 Å². The van der Waals surface area contributed by atoms with Crippen LogP contribution < -0.4 is 9.88 Å². The number of primary sulfonamides is 1. The van der Waals surface area contributed by atoms with Crippen LogP contribution in [0.3, 0.4) is 0 Å². The van der Waals surface area contributed by atoms with E-state index in [0.717, 1.165) is 6.42 Å². The molecule has 1 aromatic carbocycles.